The van der Waals surface area contributed by atoms with Crippen LogP contribution in [-0.2, 0) is 4.79 Å². The number of amides is 2. The maximum atomic E-state index is 13.2. The molecule has 2 aromatic heterocycles. The Bertz CT molecular complexity index is 1470. The summed E-state index contributed by atoms with van der Waals surface area (Å²) in [7, 11) is 0. The molecule has 0 aliphatic carbocycles. The van der Waals surface area contributed by atoms with Crippen molar-refractivity contribution in [3.8, 4) is 17.3 Å². The summed E-state index contributed by atoms with van der Waals surface area (Å²) in [4.78, 5) is 29.8. The van der Waals surface area contributed by atoms with Gasteiger partial charge in [-0.05, 0) is 55.8 Å². The lowest BCUT2D eigenvalue weighted by Gasteiger charge is -2.40. The minimum atomic E-state index is -0.169. The van der Waals surface area contributed by atoms with Crippen LogP contribution in [0.4, 0.5) is 0 Å². The molecule has 1 fully saturated rings. The Balaban J connectivity index is 1.28. The lowest BCUT2D eigenvalue weighted by molar-refractivity contribution is -0.130. The molecule has 11 heteroatoms. The van der Waals surface area contributed by atoms with Gasteiger partial charge >= 0.3 is 0 Å². The SMILES string of the molecule is Cc1ccccc1-n1c(SCC(=O)N2CCN(C(=O)c3ccc(Cl)cc3Cl)C(C)C2)nnc1-c1ccco1. The number of benzene rings is 2. The number of piperazine rings is 1. The summed E-state index contributed by atoms with van der Waals surface area (Å²) in [6.07, 6.45) is 1.59. The third-order valence-corrected chi connectivity index (χ3v) is 7.92. The maximum absolute atomic E-state index is 13.2. The van der Waals surface area contributed by atoms with E-state index in [0.717, 1.165) is 11.3 Å². The van der Waals surface area contributed by atoms with Crippen molar-refractivity contribution >= 4 is 46.8 Å². The first-order valence-corrected chi connectivity index (χ1v) is 13.8. The van der Waals surface area contributed by atoms with Gasteiger partial charge in [0.25, 0.3) is 5.91 Å². The Kier molecular flexibility index (Phi) is 7.78. The van der Waals surface area contributed by atoms with Gasteiger partial charge in [0.05, 0.1) is 28.3 Å². The Labute approximate surface area is 234 Å². The minimum Gasteiger partial charge on any atom is -0.461 e. The summed E-state index contributed by atoms with van der Waals surface area (Å²) in [6, 6.07) is 16.2. The second kappa shape index (κ2) is 11.2. The Morgan fingerprint density at radius 3 is 2.61 bits per heavy atom. The predicted molar refractivity (Wildman–Crippen MR) is 148 cm³/mol. The number of carbonyl (C=O) groups is 2. The van der Waals surface area contributed by atoms with E-state index in [0.29, 0.717) is 52.0 Å². The van der Waals surface area contributed by atoms with Gasteiger partial charge in [0.2, 0.25) is 11.7 Å². The first kappa shape index (κ1) is 26.3. The van der Waals surface area contributed by atoms with Crippen molar-refractivity contribution in [1.29, 1.82) is 0 Å². The number of thioether (sulfide) groups is 1. The zero-order valence-electron chi connectivity index (χ0n) is 20.8. The van der Waals surface area contributed by atoms with Crippen LogP contribution in [0.2, 0.25) is 10.0 Å². The molecule has 0 saturated carbocycles. The van der Waals surface area contributed by atoms with Crippen molar-refractivity contribution in [1.82, 2.24) is 24.6 Å². The molecule has 4 aromatic rings. The molecule has 0 N–H and O–H groups in total. The number of para-hydroxylation sites is 1. The predicted octanol–water partition coefficient (Wildman–Crippen LogP) is 5.61. The third-order valence-electron chi connectivity index (χ3n) is 6.46. The zero-order valence-corrected chi connectivity index (χ0v) is 23.1. The quantitative estimate of drug-likeness (QED) is 0.281. The molecule has 0 bridgehead atoms. The molecular weight excluding hydrogens is 545 g/mol. The standard InChI is InChI=1S/C27H25Cl2N5O3S/c1-17-6-3-4-7-22(17)34-25(23-8-5-13-37-23)30-31-27(34)38-16-24(35)32-11-12-33(18(2)15-32)26(36)20-10-9-19(28)14-21(20)29/h3-10,13-14,18H,11-12,15-16H2,1-2H3. The average molecular weight is 571 g/mol. The van der Waals surface area contributed by atoms with E-state index < -0.39 is 0 Å². The molecule has 3 heterocycles. The summed E-state index contributed by atoms with van der Waals surface area (Å²) in [6.45, 7) is 5.22. The molecule has 1 saturated heterocycles. The van der Waals surface area contributed by atoms with E-state index in [-0.39, 0.29) is 23.6 Å². The molecule has 1 atom stereocenters. The fourth-order valence-electron chi connectivity index (χ4n) is 4.48. The second-order valence-corrected chi connectivity index (χ2v) is 10.8. The smallest absolute Gasteiger partial charge is 0.255 e. The van der Waals surface area contributed by atoms with Crippen molar-refractivity contribution in [2.24, 2.45) is 0 Å². The van der Waals surface area contributed by atoms with Gasteiger partial charge in [-0.25, -0.2) is 0 Å². The number of aromatic nitrogens is 3. The summed E-state index contributed by atoms with van der Waals surface area (Å²) in [5.74, 6) is 1.15. The average Bonchev–Trinajstić information content (AvgIpc) is 3.57. The van der Waals surface area contributed by atoms with E-state index in [1.54, 1.807) is 40.3 Å². The van der Waals surface area contributed by atoms with Crippen LogP contribution in [0.5, 0.6) is 0 Å². The molecule has 8 nitrogen and oxygen atoms in total. The van der Waals surface area contributed by atoms with Crippen LogP contribution >= 0.6 is 35.0 Å². The summed E-state index contributed by atoms with van der Waals surface area (Å²) in [5.41, 5.74) is 2.37. The fourth-order valence-corrected chi connectivity index (χ4v) is 5.82. The highest BCUT2D eigenvalue weighted by atomic mass is 35.5. The van der Waals surface area contributed by atoms with Gasteiger partial charge in [0, 0.05) is 30.7 Å². The van der Waals surface area contributed by atoms with Crippen molar-refractivity contribution in [2.45, 2.75) is 25.0 Å². The van der Waals surface area contributed by atoms with Crippen LogP contribution < -0.4 is 0 Å². The van der Waals surface area contributed by atoms with E-state index >= 15 is 0 Å². The summed E-state index contributed by atoms with van der Waals surface area (Å²) >= 11 is 13.6. The molecule has 5 rings (SSSR count). The van der Waals surface area contributed by atoms with Gasteiger partial charge in [-0.1, -0.05) is 53.2 Å². The van der Waals surface area contributed by atoms with Gasteiger partial charge in [-0.3, -0.25) is 14.2 Å². The van der Waals surface area contributed by atoms with Crippen LogP contribution in [0, 0.1) is 6.92 Å². The molecule has 0 spiro atoms. The Morgan fingerprint density at radius 1 is 1.08 bits per heavy atom. The van der Waals surface area contributed by atoms with Crippen molar-refractivity contribution in [3.05, 3.63) is 82.0 Å². The van der Waals surface area contributed by atoms with E-state index in [9.17, 15) is 9.59 Å². The lowest BCUT2D eigenvalue weighted by Crippen LogP contribution is -2.55. The minimum absolute atomic E-state index is 0.0302. The van der Waals surface area contributed by atoms with Crippen LogP contribution in [0.3, 0.4) is 0 Å². The maximum Gasteiger partial charge on any atom is 0.255 e. The number of nitrogens with zero attached hydrogens (tertiary/aromatic N) is 5. The molecule has 2 aromatic carbocycles. The van der Waals surface area contributed by atoms with E-state index in [2.05, 4.69) is 10.2 Å². The number of carbonyl (C=O) groups excluding carboxylic acids is 2. The van der Waals surface area contributed by atoms with Gasteiger partial charge in [0.1, 0.15) is 0 Å². The number of rotatable bonds is 6. The van der Waals surface area contributed by atoms with Gasteiger partial charge in [0.15, 0.2) is 10.9 Å². The topological polar surface area (TPSA) is 84.5 Å². The van der Waals surface area contributed by atoms with Gasteiger partial charge in [-0.2, -0.15) is 0 Å². The number of hydrogen-bond acceptors (Lipinski definition) is 6. The molecule has 196 valence electrons. The largest absolute Gasteiger partial charge is 0.461 e. The van der Waals surface area contributed by atoms with E-state index in [1.807, 2.05) is 48.7 Å². The fraction of sp³-hybridized carbons (Fsp3) is 0.259. The van der Waals surface area contributed by atoms with Crippen LogP contribution in [0.15, 0.2) is 70.4 Å². The monoisotopic (exact) mass is 569 g/mol. The highest BCUT2D eigenvalue weighted by molar-refractivity contribution is 7.99. The zero-order chi connectivity index (χ0) is 26.8. The number of halogens is 2. The van der Waals surface area contributed by atoms with Crippen LogP contribution in [-0.4, -0.2) is 67.8 Å². The first-order valence-electron chi connectivity index (χ1n) is 12.1. The highest BCUT2D eigenvalue weighted by Crippen LogP contribution is 2.30. The van der Waals surface area contributed by atoms with Crippen LogP contribution in [0.25, 0.3) is 17.3 Å². The number of aryl methyl sites for hydroxylation is 1. The third kappa shape index (κ3) is 5.32. The highest BCUT2D eigenvalue weighted by Gasteiger charge is 2.31. The van der Waals surface area contributed by atoms with E-state index in [1.165, 1.54) is 11.8 Å². The number of hydrogen-bond donors (Lipinski definition) is 0. The Morgan fingerprint density at radius 2 is 1.89 bits per heavy atom. The normalized spacial score (nSPS) is 15.6. The first-order chi connectivity index (χ1) is 18.3. The summed E-state index contributed by atoms with van der Waals surface area (Å²) in [5, 5.41) is 10.1. The van der Waals surface area contributed by atoms with Crippen molar-refractivity contribution < 1.29 is 14.0 Å². The summed E-state index contributed by atoms with van der Waals surface area (Å²) < 4.78 is 7.51. The van der Waals surface area contributed by atoms with Crippen molar-refractivity contribution in [2.75, 3.05) is 25.4 Å². The molecule has 38 heavy (non-hydrogen) atoms. The molecule has 1 aliphatic rings. The molecule has 1 unspecified atom stereocenters. The molecule has 0 radical (unpaired) electrons. The van der Waals surface area contributed by atoms with E-state index in [4.69, 9.17) is 27.6 Å². The number of furan rings is 1. The van der Waals surface area contributed by atoms with Gasteiger partial charge < -0.3 is 14.2 Å². The lowest BCUT2D eigenvalue weighted by atomic mass is 10.1. The second-order valence-electron chi connectivity index (χ2n) is 9.01. The Hall–Kier alpha value is -3.27. The molecular formula is C27H25Cl2N5O3S. The molecule has 1 aliphatic heterocycles. The molecule has 2 amide bonds. The van der Waals surface area contributed by atoms with Gasteiger partial charge in [-0.15, -0.1) is 10.2 Å². The van der Waals surface area contributed by atoms with Crippen LogP contribution in [0.1, 0.15) is 22.8 Å². The van der Waals surface area contributed by atoms with Crippen molar-refractivity contribution in [3.63, 3.8) is 0 Å².